The first-order chi connectivity index (χ1) is 9.08. The minimum atomic E-state index is -0.434. The molecule has 3 heteroatoms. The van der Waals surface area contributed by atoms with E-state index in [1.54, 1.807) is 6.08 Å². The van der Waals surface area contributed by atoms with Gasteiger partial charge in [-0.15, -0.1) is 6.58 Å². The first-order valence-corrected chi connectivity index (χ1v) is 6.59. The molecule has 0 heterocycles. The summed E-state index contributed by atoms with van der Waals surface area (Å²) in [6.07, 6.45) is 2.77. The third-order valence-corrected chi connectivity index (χ3v) is 2.86. The quantitative estimate of drug-likeness (QED) is 0.606. The van der Waals surface area contributed by atoms with Crippen LogP contribution in [0.15, 0.2) is 36.9 Å². The van der Waals surface area contributed by atoms with E-state index in [9.17, 15) is 4.79 Å². The van der Waals surface area contributed by atoms with Gasteiger partial charge in [-0.1, -0.05) is 44.2 Å². The molecule has 0 spiro atoms. The molecule has 0 amide bonds. The average molecular weight is 261 g/mol. The molecule has 1 N–H and O–H groups in total. The fourth-order valence-corrected chi connectivity index (χ4v) is 1.97. The number of carbonyl (C=O) groups is 1. The number of rotatable bonds is 7. The number of benzene rings is 1. The molecule has 0 fully saturated rings. The Morgan fingerprint density at radius 2 is 2.00 bits per heavy atom. The minimum Gasteiger partial charge on any atom is -0.468 e. The normalized spacial score (nSPS) is 12.2. The van der Waals surface area contributed by atoms with Crippen LogP contribution in [-0.4, -0.2) is 19.6 Å². The largest absolute Gasteiger partial charge is 0.468 e. The predicted octanol–water partition coefficient (Wildman–Crippen LogP) is 2.87. The lowest BCUT2D eigenvalue weighted by atomic mass is 9.99. The van der Waals surface area contributed by atoms with E-state index in [-0.39, 0.29) is 5.97 Å². The van der Waals surface area contributed by atoms with E-state index in [4.69, 9.17) is 4.74 Å². The molecule has 0 saturated heterocycles. The third kappa shape index (κ3) is 4.87. The SMILES string of the molecule is C=CCNC(C(=O)OC)c1ccc(CC(C)C)cc1. The zero-order chi connectivity index (χ0) is 14.3. The van der Waals surface area contributed by atoms with Crippen LogP contribution in [0, 0.1) is 5.92 Å². The number of hydrogen-bond acceptors (Lipinski definition) is 3. The second-order valence-corrected chi connectivity index (χ2v) is 4.99. The van der Waals surface area contributed by atoms with Gasteiger partial charge in [0.1, 0.15) is 6.04 Å². The molecule has 1 unspecified atom stereocenters. The Morgan fingerprint density at radius 1 is 1.37 bits per heavy atom. The van der Waals surface area contributed by atoms with Gasteiger partial charge in [0.05, 0.1) is 7.11 Å². The standard InChI is InChI=1S/C16H23NO2/c1-5-10-17-15(16(18)19-4)14-8-6-13(7-9-14)11-12(2)3/h5-9,12,15,17H,1,10-11H2,2-4H3. The lowest BCUT2D eigenvalue weighted by Gasteiger charge is -2.16. The van der Waals surface area contributed by atoms with Crippen molar-refractivity contribution in [2.45, 2.75) is 26.3 Å². The minimum absolute atomic E-state index is 0.279. The summed E-state index contributed by atoms with van der Waals surface area (Å²) in [7, 11) is 1.40. The Labute approximate surface area is 115 Å². The lowest BCUT2D eigenvalue weighted by molar-refractivity contribution is -0.143. The van der Waals surface area contributed by atoms with Crippen molar-refractivity contribution in [1.82, 2.24) is 5.32 Å². The number of methoxy groups -OCH3 is 1. The molecule has 1 atom stereocenters. The monoisotopic (exact) mass is 261 g/mol. The molecule has 1 aromatic carbocycles. The molecule has 0 saturated carbocycles. The van der Waals surface area contributed by atoms with Crippen molar-refractivity contribution in [1.29, 1.82) is 0 Å². The Kier molecular flexibility index (Phi) is 6.30. The van der Waals surface area contributed by atoms with Crippen molar-refractivity contribution in [2.75, 3.05) is 13.7 Å². The lowest BCUT2D eigenvalue weighted by Crippen LogP contribution is -2.29. The van der Waals surface area contributed by atoms with Crippen LogP contribution in [-0.2, 0) is 16.0 Å². The van der Waals surface area contributed by atoms with E-state index in [0.29, 0.717) is 12.5 Å². The van der Waals surface area contributed by atoms with Gasteiger partial charge in [0, 0.05) is 6.54 Å². The van der Waals surface area contributed by atoms with Crippen LogP contribution in [0.3, 0.4) is 0 Å². The van der Waals surface area contributed by atoms with E-state index >= 15 is 0 Å². The molecule has 104 valence electrons. The van der Waals surface area contributed by atoms with Crippen molar-refractivity contribution in [3.8, 4) is 0 Å². The first kappa shape index (κ1) is 15.4. The molecule has 3 nitrogen and oxygen atoms in total. The molecular weight excluding hydrogens is 238 g/mol. The van der Waals surface area contributed by atoms with Crippen molar-refractivity contribution >= 4 is 5.97 Å². The number of nitrogens with one attached hydrogen (secondary N) is 1. The second-order valence-electron chi connectivity index (χ2n) is 4.99. The Hall–Kier alpha value is -1.61. The molecule has 0 aromatic heterocycles. The van der Waals surface area contributed by atoms with Crippen LogP contribution < -0.4 is 5.32 Å². The summed E-state index contributed by atoms with van der Waals surface area (Å²) in [6.45, 7) is 8.59. The third-order valence-electron chi connectivity index (χ3n) is 2.86. The molecule has 0 bridgehead atoms. The maximum atomic E-state index is 11.8. The molecule has 19 heavy (non-hydrogen) atoms. The highest BCUT2D eigenvalue weighted by atomic mass is 16.5. The maximum absolute atomic E-state index is 11.8. The summed E-state index contributed by atoms with van der Waals surface area (Å²) in [6, 6.07) is 7.67. The molecule has 0 aliphatic rings. The van der Waals surface area contributed by atoms with E-state index in [1.807, 2.05) is 12.1 Å². The van der Waals surface area contributed by atoms with Gasteiger partial charge in [0.25, 0.3) is 0 Å². The summed E-state index contributed by atoms with van der Waals surface area (Å²) in [5, 5.41) is 3.10. The molecule has 0 radical (unpaired) electrons. The van der Waals surface area contributed by atoms with Crippen molar-refractivity contribution in [3.05, 3.63) is 48.0 Å². The highest BCUT2D eigenvalue weighted by Crippen LogP contribution is 2.17. The van der Waals surface area contributed by atoms with Crippen LogP contribution in [0.4, 0.5) is 0 Å². The van der Waals surface area contributed by atoms with Crippen LogP contribution >= 0.6 is 0 Å². The van der Waals surface area contributed by atoms with E-state index in [1.165, 1.54) is 12.7 Å². The fourth-order valence-electron chi connectivity index (χ4n) is 1.97. The molecule has 0 aliphatic carbocycles. The Morgan fingerprint density at radius 3 is 2.47 bits per heavy atom. The van der Waals surface area contributed by atoms with Gasteiger partial charge in [-0.25, -0.2) is 4.79 Å². The van der Waals surface area contributed by atoms with Crippen LogP contribution in [0.25, 0.3) is 0 Å². The average Bonchev–Trinajstić information content (AvgIpc) is 2.40. The predicted molar refractivity (Wildman–Crippen MR) is 77.9 cm³/mol. The number of carbonyl (C=O) groups excluding carboxylic acids is 1. The zero-order valence-corrected chi connectivity index (χ0v) is 12.0. The van der Waals surface area contributed by atoms with Crippen molar-refractivity contribution < 1.29 is 9.53 Å². The maximum Gasteiger partial charge on any atom is 0.327 e. The van der Waals surface area contributed by atoms with Gasteiger partial charge in [0.2, 0.25) is 0 Å². The zero-order valence-electron chi connectivity index (χ0n) is 12.0. The van der Waals surface area contributed by atoms with Gasteiger partial charge >= 0.3 is 5.97 Å². The summed E-state index contributed by atoms with van der Waals surface area (Å²) < 4.78 is 4.82. The van der Waals surface area contributed by atoms with Crippen molar-refractivity contribution in [2.24, 2.45) is 5.92 Å². The van der Waals surface area contributed by atoms with Crippen LogP contribution in [0.1, 0.15) is 31.0 Å². The second kappa shape index (κ2) is 7.74. The molecule has 1 aromatic rings. The van der Waals surface area contributed by atoms with E-state index in [0.717, 1.165) is 12.0 Å². The van der Waals surface area contributed by atoms with E-state index < -0.39 is 6.04 Å². The number of ether oxygens (including phenoxy) is 1. The number of hydrogen-bond donors (Lipinski definition) is 1. The summed E-state index contributed by atoms with van der Waals surface area (Å²) in [5.74, 6) is 0.347. The van der Waals surface area contributed by atoms with Gasteiger partial charge < -0.3 is 4.74 Å². The van der Waals surface area contributed by atoms with Crippen LogP contribution in [0.5, 0.6) is 0 Å². The molecule has 1 rings (SSSR count). The molecular formula is C16H23NO2. The Balaban J connectivity index is 2.83. The van der Waals surface area contributed by atoms with Gasteiger partial charge in [0.15, 0.2) is 0 Å². The van der Waals surface area contributed by atoms with E-state index in [2.05, 4.69) is 37.9 Å². The fraction of sp³-hybridized carbons (Fsp3) is 0.438. The smallest absolute Gasteiger partial charge is 0.327 e. The summed E-state index contributed by atoms with van der Waals surface area (Å²) in [4.78, 5) is 11.8. The van der Waals surface area contributed by atoms with Gasteiger partial charge in [-0.2, -0.15) is 0 Å². The topological polar surface area (TPSA) is 38.3 Å². The number of esters is 1. The van der Waals surface area contributed by atoms with Crippen molar-refractivity contribution in [3.63, 3.8) is 0 Å². The Bertz CT molecular complexity index is 409. The highest BCUT2D eigenvalue weighted by molar-refractivity contribution is 5.77. The van der Waals surface area contributed by atoms with Gasteiger partial charge in [-0.05, 0) is 23.5 Å². The van der Waals surface area contributed by atoms with Gasteiger partial charge in [-0.3, -0.25) is 5.32 Å². The first-order valence-electron chi connectivity index (χ1n) is 6.59. The highest BCUT2D eigenvalue weighted by Gasteiger charge is 2.19. The molecule has 0 aliphatic heterocycles. The van der Waals surface area contributed by atoms with Crippen LogP contribution in [0.2, 0.25) is 0 Å². The summed E-state index contributed by atoms with van der Waals surface area (Å²) >= 11 is 0. The summed E-state index contributed by atoms with van der Waals surface area (Å²) in [5.41, 5.74) is 2.20.